The third-order valence-corrected chi connectivity index (χ3v) is 5.42. The lowest BCUT2D eigenvalue weighted by atomic mass is 9.99. The summed E-state index contributed by atoms with van der Waals surface area (Å²) in [7, 11) is 1.68. The molecule has 1 aromatic heterocycles. The molecular weight excluding hydrogens is 300 g/mol. The highest BCUT2D eigenvalue weighted by molar-refractivity contribution is 5.32. The average molecular weight is 324 g/mol. The summed E-state index contributed by atoms with van der Waals surface area (Å²) in [5, 5.41) is 0. The lowest BCUT2D eigenvalue weighted by Crippen LogP contribution is -2.43. The molecule has 126 valence electrons. The second kappa shape index (κ2) is 6.81. The Kier molecular flexibility index (Phi) is 4.39. The molecule has 2 aromatic rings. The van der Waals surface area contributed by atoms with E-state index in [1.54, 1.807) is 7.11 Å². The van der Waals surface area contributed by atoms with Crippen molar-refractivity contribution in [2.75, 3.05) is 13.7 Å². The van der Waals surface area contributed by atoms with Crippen molar-refractivity contribution in [3.05, 3.63) is 54.4 Å². The number of methoxy groups -OCH3 is 1. The van der Waals surface area contributed by atoms with Crippen LogP contribution in [-0.2, 0) is 6.54 Å². The monoisotopic (exact) mass is 324 g/mol. The van der Waals surface area contributed by atoms with Crippen LogP contribution in [0.1, 0.15) is 25.0 Å². The first-order valence-corrected chi connectivity index (χ1v) is 8.76. The van der Waals surface area contributed by atoms with E-state index in [4.69, 9.17) is 9.47 Å². The van der Waals surface area contributed by atoms with Gasteiger partial charge in [-0.05, 0) is 49.4 Å². The molecule has 0 spiro atoms. The van der Waals surface area contributed by atoms with Crippen LogP contribution in [0.3, 0.4) is 0 Å². The Morgan fingerprint density at radius 3 is 2.88 bits per heavy atom. The number of hydrogen-bond acceptors (Lipinski definition) is 4. The number of fused-ring (bicyclic) bond motifs is 2. The fourth-order valence-electron chi connectivity index (χ4n) is 4.21. The van der Waals surface area contributed by atoms with Gasteiger partial charge in [0.1, 0.15) is 18.1 Å². The quantitative estimate of drug-likeness (QED) is 0.814. The van der Waals surface area contributed by atoms with Gasteiger partial charge < -0.3 is 9.47 Å². The van der Waals surface area contributed by atoms with Crippen molar-refractivity contribution in [3.8, 4) is 11.5 Å². The molecule has 2 aliphatic rings. The molecule has 4 nitrogen and oxygen atoms in total. The molecule has 0 radical (unpaired) electrons. The summed E-state index contributed by atoms with van der Waals surface area (Å²) >= 11 is 0. The van der Waals surface area contributed by atoms with Crippen molar-refractivity contribution in [2.24, 2.45) is 5.92 Å². The molecule has 0 amide bonds. The first-order valence-electron chi connectivity index (χ1n) is 8.76. The maximum absolute atomic E-state index is 6.11. The minimum absolute atomic E-state index is 0.483. The molecule has 1 aromatic carbocycles. The topological polar surface area (TPSA) is 34.6 Å². The van der Waals surface area contributed by atoms with Gasteiger partial charge in [0, 0.05) is 30.9 Å². The van der Waals surface area contributed by atoms with Gasteiger partial charge >= 0.3 is 0 Å². The summed E-state index contributed by atoms with van der Waals surface area (Å²) in [6, 6.07) is 15.2. The van der Waals surface area contributed by atoms with E-state index in [2.05, 4.69) is 22.0 Å². The predicted octanol–water partition coefficient (Wildman–Crippen LogP) is 3.52. The maximum atomic E-state index is 6.11. The first-order chi connectivity index (χ1) is 11.8. The highest BCUT2D eigenvalue weighted by Crippen LogP contribution is 2.43. The molecular formula is C20H24N2O2. The van der Waals surface area contributed by atoms with Gasteiger partial charge in [-0.15, -0.1) is 0 Å². The largest absolute Gasteiger partial charge is 0.497 e. The zero-order valence-corrected chi connectivity index (χ0v) is 14.1. The van der Waals surface area contributed by atoms with Gasteiger partial charge in [0.15, 0.2) is 0 Å². The number of nitrogens with zero attached hydrogens (tertiary/aromatic N) is 2. The van der Waals surface area contributed by atoms with E-state index in [9.17, 15) is 0 Å². The fraction of sp³-hybridized carbons (Fsp3) is 0.450. The number of likely N-dealkylation sites (tertiary alicyclic amines) is 1. The van der Waals surface area contributed by atoms with Crippen molar-refractivity contribution < 1.29 is 9.47 Å². The van der Waals surface area contributed by atoms with E-state index in [1.807, 2.05) is 36.5 Å². The van der Waals surface area contributed by atoms with Crippen LogP contribution in [0.5, 0.6) is 11.5 Å². The van der Waals surface area contributed by atoms with E-state index >= 15 is 0 Å². The summed E-state index contributed by atoms with van der Waals surface area (Å²) in [6.07, 6.45) is 5.83. The van der Waals surface area contributed by atoms with E-state index in [-0.39, 0.29) is 0 Å². The Hall–Kier alpha value is -2.07. The zero-order chi connectivity index (χ0) is 16.4. The SMILES string of the molecule is COc1cccc(OC[C@@H]2[C@@H]3CC[C@H](C3)N2Cc2ccccn2)c1. The van der Waals surface area contributed by atoms with Gasteiger partial charge in [0.25, 0.3) is 0 Å². The highest BCUT2D eigenvalue weighted by atomic mass is 16.5. The van der Waals surface area contributed by atoms with Gasteiger partial charge in [-0.3, -0.25) is 9.88 Å². The number of pyridine rings is 1. The van der Waals surface area contributed by atoms with Crippen molar-refractivity contribution in [2.45, 2.75) is 37.9 Å². The van der Waals surface area contributed by atoms with Crippen LogP contribution in [-0.4, -0.2) is 35.7 Å². The Morgan fingerprint density at radius 2 is 2.04 bits per heavy atom. The van der Waals surface area contributed by atoms with Crippen LogP contribution in [0.25, 0.3) is 0 Å². The number of hydrogen-bond donors (Lipinski definition) is 0. The number of ether oxygens (including phenoxy) is 2. The summed E-state index contributed by atoms with van der Waals surface area (Å²) in [5.41, 5.74) is 1.15. The van der Waals surface area contributed by atoms with Crippen LogP contribution >= 0.6 is 0 Å². The molecule has 1 aliphatic heterocycles. The summed E-state index contributed by atoms with van der Waals surface area (Å²) in [5.74, 6) is 2.48. The van der Waals surface area contributed by atoms with Crippen LogP contribution in [0.2, 0.25) is 0 Å². The maximum Gasteiger partial charge on any atom is 0.123 e. The number of aromatic nitrogens is 1. The minimum Gasteiger partial charge on any atom is -0.497 e. The Balaban J connectivity index is 1.44. The average Bonchev–Trinajstić information content (AvgIpc) is 3.23. The fourth-order valence-corrected chi connectivity index (χ4v) is 4.21. The molecule has 24 heavy (non-hydrogen) atoms. The van der Waals surface area contributed by atoms with Gasteiger partial charge in [0.2, 0.25) is 0 Å². The standard InChI is InChI=1S/C20H24N2O2/c1-23-18-6-4-7-19(12-18)24-14-20-15-8-9-17(11-15)22(20)13-16-5-2-3-10-21-16/h2-7,10,12,15,17,20H,8-9,11,13-14H2,1H3/t15-,17-,20-/m1/s1. The molecule has 0 N–H and O–H groups in total. The summed E-state index contributed by atoms with van der Waals surface area (Å²) in [4.78, 5) is 7.11. The molecule has 1 saturated carbocycles. The number of rotatable bonds is 6. The van der Waals surface area contributed by atoms with Crippen LogP contribution < -0.4 is 9.47 Å². The zero-order valence-electron chi connectivity index (χ0n) is 14.1. The van der Waals surface area contributed by atoms with E-state index < -0.39 is 0 Å². The smallest absolute Gasteiger partial charge is 0.123 e. The van der Waals surface area contributed by atoms with Crippen molar-refractivity contribution in [3.63, 3.8) is 0 Å². The Morgan fingerprint density at radius 1 is 1.12 bits per heavy atom. The Labute approximate surface area is 143 Å². The Bertz CT molecular complexity index is 676. The minimum atomic E-state index is 0.483. The van der Waals surface area contributed by atoms with Crippen LogP contribution in [0.15, 0.2) is 48.7 Å². The molecule has 0 unspecified atom stereocenters. The molecule has 1 aliphatic carbocycles. The third kappa shape index (κ3) is 3.11. The molecule has 4 heteroatoms. The van der Waals surface area contributed by atoms with Crippen molar-refractivity contribution in [1.29, 1.82) is 0 Å². The van der Waals surface area contributed by atoms with Gasteiger partial charge in [-0.1, -0.05) is 12.1 Å². The number of piperidine rings is 1. The molecule has 3 atom stereocenters. The first kappa shape index (κ1) is 15.5. The van der Waals surface area contributed by atoms with Gasteiger partial charge in [-0.2, -0.15) is 0 Å². The van der Waals surface area contributed by atoms with Crippen molar-refractivity contribution in [1.82, 2.24) is 9.88 Å². The van der Waals surface area contributed by atoms with E-state index in [0.717, 1.165) is 36.3 Å². The van der Waals surface area contributed by atoms with Gasteiger partial charge in [0.05, 0.1) is 12.8 Å². The number of benzene rings is 1. The molecule has 1 saturated heterocycles. The molecule has 2 heterocycles. The molecule has 2 fully saturated rings. The second-order valence-electron chi connectivity index (χ2n) is 6.78. The third-order valence-electron chi connectivity index (χ3n) is 5.42. The lowest BCUT2D eigenvalue weighted by molar-refractivity contribution is 0.0855. The van der Waals surface area contributed by atoms with Gasteiger partial charge in [-0.25, -0.2) is 0 Å². The normalized spacial score (nSPS) is 25.8. The van der Waals surface area contributed by atoms with Crippen LogP contribution in [0, 0.1) is 5.92 Å². The summed E-state index contributed by atoms with van der Waals surface area (Å²) in [6.45, 7) is 1.66. The van der Waals surface area contributed by atoms with E-state index in [1.165, 1.54) is 19.3 Å². The van der Waals surface area contributed by atoms with Crippen LogP contribution in [0.4, 0.5) is 0 Å². The summed E-state index contributed by atoms with van der Waals surface area (Å²) < 4.78 is 11.4. The lowest BCUT2D eigenvalue weighted by Gasteiger charge is -2.34. The second-order valence-corrected chi connectivity index (χ2v) is 6.78. The predicted molar refractivity (Wildman–Crippen MR) is 93.2 cm³/mol. The highest BCUT2D eigenvalue weighted by Gasteiger charge is 2.45. The van der Waals surface area contributed by atoms with E-state index in [0.29, 0.717) is 12.1 Å². The van der Waals surface area contributed by atoms with Crippen molar-refractivity contribution >= 4 is 0 Å². The molecule has 2 bridgehead atoms. The molecule has 4 rings (SSSR count).